The number of aromatic amines is 1. The quantitative estimate of drug-likeness (QED) is 0.713. The summed E-state index contributed by atoms with van der Waals surface area (Å²) in [5.74, 6) is -1.62. The number of rotatable bonds is 5. The average molecular weight is 382 g/mol. The molecule has 0 aliphatic heterocycles. The molecule has 1 amide bonds. The largest absolute Gasteiger partial charge is 0.478 e. The number of aryl methyl sites for hydroxylation is 1. The highest BCUT2D eigenvalue weighted by Gasteiger charge is 2.13. The van der Waals surface area contributed by atoms with Crippen LogP contribution in [-0.4, -0.2) is 26.5 Å². The summed E-state index contributed by atoms with van der Waals surface area (Å²) >= 11 is 3.16. The molecule has 0 unspecified atom stereocenters. The molecule has 0 fully saturated rings. The van der Waals surface area contributed by atoms with Gasteiger partial charge in [-0.05, 0) is 18.2 Å². The van der Waals surface area contributed by atoms with E-state index in [9.17, 15) is 19.2 Å². The van der Waals surface area contributed by atoms with Crippen molar-refractivity contribution in [2.75, 3.05) is 5.32 Å². The van der Waals surface area contributed by atoms with Gasteiger partial charge in [0.05, 0.1) is 11.3 Å². The van der Waals surface area contributed by atoms with Gasteiger partial charge in [0.2, 0.25) is 5.91 Å². The molecule has 0 spiro atoms. The molecule has 1 heterocycles. The van der Waals surface area contributed by atoms with E-state index in [0.717, 1.165) is 0 Å². The highest BCUT2D eigenvalue weighted by Crippen LogP contribution is 2.21. The Morgan fingerprint density at radius 1 is 1.26 bits per heavy atom. The number of amides is 1. The Hall–Kier alpha value is -2.68. The molecule has 120 valence electrons. The Labute approximate surface area is 137 Å². The smallest absolute Gasteiger partial charge is 0.337 e. The van der Waals surface area contributed by atoms with Gasteiger partial charge in [-0.3, -0.25) is 14.6 Å². The summed E-state index contributed by atoms with van der Waals surface area (Å²) in [7, 11) is 0. The van der Waals surface area contributed by atoms with Crippen LogP contribution in [0.1, 0.15) is 16.8 Å². The fourth-order valence-electron chi connectivity index (χ4n) is 1.86. The summed E-state index contributed by atoms with van der Waals surface area (Å²) in [6, 6.07) is 5.63. The Bertz CT molecular complexity index is 871. The first kappa shape index (κ1) is 16.7. The van der Waals surface area contributed by atoms with E-state index >= 15 is 0 Å². The van der Waals surface area contributed by atoms with Crippen LogP contribution in [0.5, 0.6) is 0 Å². The Morgan fingerprint density at radius 2 is 2.00 bits per heavy atom. The molecule has 0 atom stereocenters. The molecule has 23 heavy (non-hydrogen) atoms. The second-order valence-electron chi connectivity index (χ2n) is 4.60. The number of aromatic carboxylic acids is 1. The lowest BCUT2D eigenvalue weighted by atomic mass is 10.1. The molecule has 2 aromatic rings. The minimum Gasteiger partial charge on any atom is -0.478 e. The minimum absolute atomic E-state index is 0.0473. The van der Waals surface area contributed by atoms with Gasteiger partial charge in [-0.1, -0.05) is 15.9 Å². The maximum absolute atomic E-state index is 11.9. The van der Waals surface area contributed by atoms with Crippen molar-refractivity contribution in [3.05, 3.63) is 61.3 Å². The van der Waals surface area contributed by atoms with Crippen LogP contribution in [0.4, 0.5) is 5.69 Å². The molecule has 0 aliphatic rings. The molecule has 0 bridgehead atoms. The number of anilines is 1. The number of halogens is 1. The second kappa shape index (κ2) is 7.05. The zero-order valence-corrected chi connectivity index (χ0v) is 13.3. The van der Waals surface area contributed by atoms with Crippen molar-refractivity contribution in [2.24, 2.45) is 0 Å². The van der Waals surface area contributed by atoms with Crippen molar-refractivity contribution in [3.8, 4) is 0 Å². The van der Waals surface area contributed by atoms with Gasteiger partial charge in [-0.15, -0.1) is 0 Å². The van der Waals surface area contributed by atoms with Gasteiger partial charge < -0.3 is 15.0 Å². The highest BCUT2D eigenvalue weighted by atomic mass is 79.9. The van der Waals surface area contributed by atoms with Crippen LogP contribution in [0.15, 0.2) is 44.5 Å². The molecular weight excluding hydrogens is 370 g/mol. The van der Waals surface area contributed by atoms with Gasteiger partial charge in [0.15, 0.2) is 0 Å². The molecule has 0 saturated carbocycles. The number of nitrogens with one attached hydrogen (secondary N) is 2. The third-order valence-corrected chi connectivity index (χ3v) is 3.46. The molecule has 1 aromatic carbocycles. The summed E-state index contributed by atoms with van der Waals surface area (Å²) in [6.45, 7) is 0.0559. The van der Waals surface area contributed by atoms with Crippen LogP contribution in [0.2, 0.25) is 0 Å². The van der Waals surface area contributed by atoms with Crippen molar-refractivity contribution >= 4 is 33.5 Å². The first-order valence-corrected chi connectivity index (χ1v) is 7.28. The number of benzene rings is 1. The number of hydrogen-bond acceptors (Lipinski definition) is 4. The first-order chi connectivity index (χ1) is 10.9. The van der Waals surface area contributed by atoms with E-state index in [2.05, 4.69) is 26.2 Å². The maximum atomic E-state index is 11.9. The fraction of sp³-hybridized carbons (Fsp3) is 0.143. The Balaban J connectivity index is 2.07. The summed E-state index contributed by atoms with van der Waals surface area (Å²) in [5.41, 5.74) is -1.01. The summed E-state index contributed by atoms with van der Waals surface area (Å²) in [5, 5.41) is 11.6. The standard InChI is InChI=1S/C14H12BrN3O5/c15-8-1-2-10(9(7-8)13(21)22)16-11(19)3-5-18-6-4-12(20)17-14(18)23/h1-2,4,6-7H,3,5H2,(H,16,19)(H,21,22)(H,17,20,23). The van der Waals surface area contributed by atoms with Crippen LogP contribution in [0.25, 0.3) is 0 Å². The molecule has 2 rings (SSSR count). The molecule has 0 radical (unpaired) electrons. The Kier molecular flexibility index (Phi) is 5.12. The lowest BCUT2D eigenvalue weighted by Gasteiger charge is -2.09. The van der Waals surface area contributed by atoms with E-state index in [0.29, 0.717) is 4.47 Å². The lowest BCUT2D eigenvalue weighted by Crippen LogP contribution is -2.29. The molecule has 8 nitrogen and oxygen atoms in total. The lowest BCUT2D eigenvalue weighted by molar-refractivity contribution is -0.116. The van der Waals surface area contributed by atoms with E-state index in [-0.39, 0.29) is 24.2 Å². The van der Waals surface area contributed by atoms with E-state index in [1.54, 1.807) is 6.07 Å². The predicted octanol–water partition coefficient (Wildman–Crippen LogP) is 1.03. The second-order valence-corrected chi connectivity index (χ2v) is 5.51. The van der Waals surface area contributed by atoms with Crippen LogP contribution < -0.4 is 16.6 Å². The minimum atomic E-state index is -1.17. The SMILES string of the molecule is O=C(CCn1ccc(=O)[nH]c1=O)Nc1ccc(Br)cc1C(=O)O. The zero-order valence-electron chi connectivity index (χ0n) is 11.7. The van der Waals surface area contributed by atoms with Gasteiger partial charge in [0.1, 0.15) is 0 Å². The van der Waals surface area contributed by atoms with Gasteiger partial charge in [-0.2, -0.15) is 0 Å². The number of nitrogens with zero attached hydrogens (tertiary/aromatic N) is 1. The van der Waals surface area contributed by atoms with Crippen LogP contribution in [0.3, 0.4) is 0 Å². The number of H-pyrrole nitrogens is 1. The Morgan fingerprint density at radius 3 is 2.65 bits per heavy atom. The van der Waals surface area contributed by atoms with Crippen molar-refractivity contribution in [1.29, 1.82) is 0 Å². The molecule has 3 N–H and O–H groups in total. The number of aromatic nitrogens is 2. The van der Waals surface area contributed by atoms with E-state index < -0.39 is 23.1 Å². The number of carbonyl (C=O) groups excluding carboxylic acids is 1. The maximum Gasteiger partial charge on any atom is 0.337 e. The molecule has 0 aliphatic carbocycles. The zero-order chi connectivity index (χ0) is 17.0. The monoisotopic (exact) mass is 381 g/mol. The first-order valence-electron chi connectivity index (χ1n) is 6.49. The number of carbonyl (C=O) groups is 2. The van der Waals surface area contributed by atoms with Gasteiger partial charge >= 0.3 is 11.7 Å². The third-order valence-electron chi connectivity index (χ3n) is 2.96. The van der Waals surface area contributed by atoms with E-state index in [4.69, 9.17) is 5.11 Å². The average Bonchev–Trinajstić information content (AvgIpc) is 2.48. The van der Waals surface area contributed by atoms with Crippen molar-refractivity contribution in [2.45, 2.75) is 13.0 Å². The van der Waals surface area contributed by atoms with E-state index in [1.807, 2.05) is 0 Å². The van der Waals surface area contributed by atoms with Gasteiger partial charge in [-0.25, -0.2) is 9.59 Å². The molecular formula is C14H12BrN3O5. The normalized spacial score (nSPS) is 10.3. The van der Waals surface area contributed by atoms with Crippen LogP contribution in [0, 0.1) is 0 Å². The third kappa shape index (κ3) is 4.39. The van der Waals surface area contributed by atoms with Crippen molar-refractivity contribution in [3.63, 3.8) is 0 Å². The summed E-state index contributed by atoms with van der Waals surface area (Å²) < 4.78 is 1.76. The number of carboxylic acids is 1. The number of carboxylic acid groups (broad SMARTS) is 1. The molecule has 0 saturated heterocycles. The highest BCUT2D eigenvalue weighted by molar-refractivity contribution is 9.10. The van der Waals surface area contributed by atoms with Gasteiger partial charge in [0, 0.05) is 29.7 Å². The summed E-state index contributed by atoms with van der Waals surface area (Å²) in [6.07, 6.45) is 1.23. The van der Waals surface area contributed by atoms with E-state index in [1.165, 1.54) is 29.0 Å². The van der Waals surface area contributed by atoms with Crippen molar-refractivity contribution < 1.29 is 14.7 Å². The van der Waals surface area contributed by atoms with Gasteiger partial charge in [0.25, 0.3) is 5.56 Å². The number of hydrogen-bond donors (Lipinski definition) is 3. The predicted molar refractivity (Wildman–Crippen MR) is 85.7 cm³/mol. The molecule has 9 heteroatoms. The van der Waals surface area contributed by atoms with Crippen LogP contribution >= 0.6 is 15.9 Å². The molecule has 1 aromatic heterocycles. The fourth-order valence-corrected chi connectivity index (χ4v) is 2.22. The summed E-state index contributed by atoms with van der Waals surface area (Å²) in [4.78, 5) is 47.6. The van der Waals surface area contributed by atoms with Crippen molar-refractivity contribution in [1.82, 2.24) is 9.55 Å². The topological polar surface area (TPSA) is 121 Å². The van der Waals surface area contributed by atoms with Crippen LogP contribution in [-0.2, 0) is 11.3 Å².